The van der Waals surface area contributed by atoms with Crippen LogP contribution in [0.3, 0.4) is 0 Å². The number of para-hydroxylation sites is 1. The van der Waals surface area contributed by atoms with Crippen molar-refractivity contribution in [3.05, 3.63) is 66.0 Å². The first-order valence-electron chi connectivity index (χ1n) is 8.92. The number of hydrogen-bond acceptors (Lipinski definition) is 4. The molecular formula is C21H21N3O2. The third kappa shape index (κ3) is 3.01. The molecule has 2 aromatic heterocycles. The van der Waals surface area contributed by atoms with E-state index in [9.17, 15) is 4.79 Å². The lowest BCUT2D eigenvalue weighted by atomic mass is 9.95. The molecule has 5 nitrogen and oxygen atoms in total. The number of fused-ring (bicyclic) bond motifs is 1. The Morgan fingerprint density at radius 2 is 2.08 bits per heavy atom. The number of carbonyl (C=O) groups excluding carboxylic acids is 1. The fraction of sp³-hybridized carbons (Fsp3) is 0.286. The van der Waals surface area contributed by atoms with E-state index in [-0.39, 0.29) is 11.9 Å². The molecule has 1 saturated heterocycles. The van der Waals surface area contributed by atoms with Crippen molar-refractivity contribution < 1.29 is 9.53 Å². The minimum atomic E-state index is 0.0236. The van der Waals surface area contributed by atoms with Crippen molar-refractivity contribution in [2.45, 2.75) is 25.3 Å². The lowest BCUT2D eigenvalue weighted by Gasteiger charge is -2.36. The lowest BCUT2D eigenvalue weighted by Crippen LogP contribution is -2.38. The van der Waals surface area contributed by atoms with E-state index in [4.69, 9.17) is 4.74 Å². The summed E-state index contributed by atoms with van der Waals surface area (Å²) < 4.78 is 5.32. The molecule has 0 bridgehead atoms. The van der Waals surface area contributed by atoms with E-state index in [0.717, 1.165) is 42.3 Å². The average molecular weight is 347 g/mol. The van der Waals surface area contributed by atoms with Gasteiger partial charge in [0.2, 0.25) is 5.88 Å². The van der Waals surface area contributed by atoms with Crippen LogP contribution in [-0.4, -0.2) is 34.4 Å². The number of amides is 1. The number of rotatable bonds is 3. The zero-order valence-corrected chi connectivity index (χ0v) is 14.8. The van der Waals surface area contributed by atoms with E-state index >= 15 is 0 Å². The van der Waals surface area contributed by atoms with Crippen LogP contribution in [0.25, 0.3) is 10.9 Å². The Labute approximate surface area is 152 Å². The number of benzene rings is 1. The molecule has 132 valence electrons. The van der Waals surface area contributed by atoms with Gasteiger partial charge in [0.05, 0.1) is 24.2 Å². The third-order valence-corrected chi connectivity index (χ3v) is 4.97. The maximum Gasteiger partial charge on any atom is 0.255 e. The molecule has 1 aliphatic heterocycles. The molecule has 0 radical (unpaired) electrons. The van der Waals surface area contributed by atoms with E-state index in [1.54, 1.807) is 19.4 Å². The van der Waals surface area contributed by atoms with Gasteiger partial charge >= 0.3 is 0 Å². The van der Waals surface area contributed by atoms with E-state index in [2.05, 4.69) is 16.0 Å². The Hall–Kier alpha value is -2.95. The van der Waals surface area contributed by atoms with Gasteiger partial charge in [-0.25, -0.2) is 4.98 Å². The second kappa shape index (κ2) is 7.12. The van der Waals surface area contributed by atoms with E-state index in [0.29, 0.717) is 11.4 Å². The van der Waals surface area contributed by atoms with Crippen molar-refractivity contribution in [3.63, 3.8) is 0 Å². The Bertz CT molecular complexity index is 927. The van der Waals surface area contributed by atoms with E-state index in [1.165, 1.54) is 0 Å². The molecule has 1 amide bonds. The molecule has 1 aromatic carbocycles. The number of nitrogens with zero attached hydrogens (tertiary/aromatic N) is 3. The SMILES string of the molecule is COc1cc(C(=O)N2CCCC[C@H]2c2cccnc2)c2ccccc2n1. The molecule has 5 heteroatoms. The molecular weight excluding hydrogens is 326 g/mol. The largest absolute Gasteiger partial charge is 0.481 e. The van der Waals surface area contributed by atoms with Crippen LogP contribution in [0.15, 0.2) is 54.9 Å². The summed E-state index contributed by atoms with van der Waals surface area (Å²) in [5.41, 5.74) is 2.50. The van der Waals surface area contributed by atoms with Gasteiger partial charge in [-0.2, -0.15) is 0 Å². The molecule has 3 heterocycles. The van der Waals surface area contributed by atoms with Gasteiger partial charge in [0.1, 0.15) is 0 Å². The predicted octanol–water partition coefficient (Wildman–Crippen LogP) is 4.01. The summed E-state index contributed by atoms with van der Waals surface area (Å²) in [5.74, 6) is 0.484. The summed E-state index contributed by atoms with van der Waals surface area (Å²) in [6.45, 7) is 0.747. The van der Waals surface area contributed by atoms with Crippen LogP contribution in [0.5, 0.6) is 5.88 Å². The van der Waals surface area contributed by atoms with Gasteiger partial charge in [0.15, 0.2) is 0 Å². The minimum Gasteiger partial charge on any atom is -0.481 e. The van der Waals surface area contributed by atoms with Crippen LogP contribution in [0.4, 0.5) is 0 Å². The highest BCUT2D eigenvalue weighted by Gasteiger charge is 2.30. The maximum atomic E-state index is 13.5. The summed E-state index contributed by atoms with van der Waals surface area (Å²) in [6, 6.07) is 13.5. The zero-order chi connectivity index (χ0) is 17.9. The van der Waals surface area contributed by atoms with Crippen LogP contribution in [0.2, 0.25) is 0 Å². The molecule has 1 atom stereocenters. The molecule has 0 spiro atoms. The van der Waals surface area contributed by atoms with Gasteiger partial charge in [-0.15, -0.1) is 0 Å². The Kier molecular flexibility index (Phi) is 4.52. The van der Waals surface area contributed by atoms with Gasteiger partial charge in [-0.05, 0) is 37.0 Å². The normalized spacial score (nSPS) is 17.3. The molecule has 3 aromatic rings. The number of aromatic nitrogens is 2. The Morgan fingerprint density at radius 3 is 2.88 bits per heavy atom. The van der Waals surface area contributed by atoms with Crippen molar-refractivity contribution in [3.8, 4) is 5.88 Å². The van der Waals surface area contributed by atoms with E-state index in [1.807, 2.05) is 41.4 Å². The highest BCUT2D eigenvalue weighted by Crippen LogP contribution is 2.33. The maximum absolute atomic E-state index is 13.5. The summed E-state index contributed by atoms with van der Waals surface area (Å²) >= 11 is 0. The summed E-state index contributed by atoms with van der Waals surface area (Å²) in [7, 11) is 1.57. The average Bonchev–Trinajstić information content (AvgIpc) is 2.73. The first-order chi connectivity index (χ1) is 12.8. The highest BCUT2D eigenvalue weighted by molar-refractivity contribution is 6.06. The number of piperidine rings is 1. The quantitative estimate of drug-likeness (QED) is 0.718. The zero-order valence-electron chi connectivity index (χ0n) is 14.8. The standard InChI is InChI=1S/C21H21N3O2/c1-26-20-13-17(16-8-2-3-9-18(16)23-20)21(25)24-12-5-4-10-19(24)15-7-6-11-22-14-15/h2-3,6-9,11,13-14,19H,4-5,10,12H2,1H3/t19-/m0/s1. The van der Waals surface area contributed by atoms with Gasteiger partial charge in [0.25, 0.3) is 5.91 Å². The van der Waals surface area contributed by atoms with Crippen molar-refractivity contribution in [1.29, 1.82) is 0 Å². The van der Waals surface area contributed by atoms with Crippen LogP contribution in [0.1, 0.15) is 41.2 Å². The summed E-state index contributed by atoms with van der Waals surface area (Å²) in [4.78, 5) is 24.2. The summed E-state index contributed by atoms with van der Waals surface area (Å²) in [6.07, 6.45) is 6.71. The molecule has 1 fully saturated rings. The van der Waals surface area contributed by atoms with Crippen LogP contribution in [0, 0.1) is 0 Å². The summed E-state index contributed by atoms with van der Waals surface area (Å²) in [5, 5.41) is 0.855. The lowest BCUT2D eigenvalue weighted by molar-refractivity contribution is 0.0613. The van der Waals surface area contributed by atoms with Gasteiger partial charge in [-0.1, -0.05) is 24.3 Å². The molecule has 0 unspecified atom stereocenters. The topological polar surface area (TPSA) is 55.3 Å². The second-order valence-electron chi connectivity index (χ2n) is 6.53. The second-order valence-corrected chi connectivity index (χ2v) is 6.53. The molecule has 1 aliphatic rings. The number of carbonyl (C=O) groups is 1. The third-order valence-electron chi connectivity index (χ3n) is 4.97. The minimum absolute atomic E-state index is 0.0236. The number of methoxy groups -OCH3 is 1. The molecule has 26 heavy (non-hydrogen) atoms. The Morgan fingerprint density at radius 1 is 1.19 bits per heavy atom. The molecule has 0 N–H and O–H groups in total. The van der Waals surface area contributed by atoms with Crippen molar-refractivity contribution in [2.75, 3.05) is 13.7 Å². The van der Waals surface area contributed by atoms with Crippen LogP contribution in [-0.2, 0) is 0 Å². The monoisotopic (exact) mass is 347 g/mol. The van der Waals surface area contributed by atoms with Gasteiger partial charge < -0.3 is 9.64 Å². The highest BCUT2D eigenvalue weighted by atomic mass is 16.5. The van der Waals surface area contributed by atoms with Crippen molar-refractivity contribution in [2.24, 2.45) is 0 Å². The molecule has 4 rings (SSSR count). The Balaban J connectivity index is 1.77. The number of hydrogen-bond donors (Lipinski definition) is 0. The first-order valence-corrected chi connectivity index (χ1v) is 8.92. The fourth-order valence-electron chi connectivity index (χ4n) is 3.68. The van der Waals surface area contributed by atoms with Gasteiger partial charge in [0, 0.05) is 30.4 Å². The van der Waals surface area contributed by atoms with Crippen molar-refractivity contribution >= 4 is 16.8 Å². The first kappa shape index (κ1) is 16.5. The van der Waals surface area contributed by atoms with Crippen LogP contribution < -0.4 is 4.74 Å². The van der Waals surface area contributed by atoms with E-state index < -0.39 is 0 Å². The van der Waals surface area contributed by atoms with Crippen molar-refractivity contribution in [1.82, 2.24) is 14.9 Å². The smallest absolute Gasteiger partial charge is 0.255 e. The number of likely N-dealkylation sites (tertiary alicyclic amines) is 1. The molecule has 0 aliphatic carbocycles. The van der Waals surface area contributed by atoms with Gasteiger partial charge in [-0.3, -0.25) is 9.78 Å². The predicted molar refractivity (Wildman–Crippen MR) is 100 cm³/mol. The fourth-order valence-corrected chi connectivity index (χ4v) is 3.68. The number of pyridine rings is 2. The molecule has 0 saturated carbocycles. The number of ether oxygens (including phenoxy) is 1. The van der Waals surface area contributed by atoms with Crippen LogP contribution >= 0.6 is 0 Å².